The van der Waals surface area contributed by atoms with E-state index in [1.165, 1.54) is 0 Å². The van der Waals surface area contributed by atoms with E-state index in [0.29, 0.717) is 13.0 Å². The summed E-state index contributed by atoms with van der Waals surface area (Å²) in [5.41, 5.74) is 4.89. The predicted molar refractivity (Wildman–Crippen MR) is 141 cm³/mol. The molecule has 6 heteroatoms. The Bertz CT molecular complexity index is 1250. The van der Waals surface area contributed by atoms with Crippen molar-refractivity contribution < 1.29 is 19.2 Å². The van der Waals surface area contributed by atoms with Crippen molar-refractivity contribution in [1.29, 1.82) is 0 Å². The molecular formula is C29H31NO4S. The number of ether oxygens (including phenoxy) is 1. The third kappa shape index (κ3) is 6.67. The Balaban J connectivity index is 1.38. The quantitative estimate of drug-likeness (QED) is 0.156. The summed E-state index contributed by atoms with van der Waals surface area (Å²) >= 11 is 1.77. The van der Waals surface area contributed by atoms with E-state index < -0.39 is 5.97 Å². The topological polar surface area (TPSA) is 72.6 Å². The van der Waals surface area contributed by atoms with Crippen molar-refractivity contribution in [2.45, 2.75) is 50.3 Å². The Morgan fingerprint density at radius 2 is 1.89 bits per heavy atom. The molecule has 3 aromatic carbocycles. The van der Waals surface area contributed by atoms with Crippen LogP contribution in [0.1, 0.15) is 43.7 Å². The average molecular weight is 490 g/mol. The van der Waals surface area contributed by atoms with E-state index in [0.717, 1.165) is 75.4 Å². The Labute approximate surface area is 210 Å². The predicted octanol–water partition coefficient (Wildman–Crippen LogP) is 7.42. The fourth-order valence-electron chi connectivity index (χ4n) is 4.04. The molecule has 35 heavy (non-hydrogen) atoms. The lowest BCUT2D eigenvalue weighted by Crippen LogP contribution is -2.02. The molecule has 0 saturated carbocycles. The second-order valence-corrected chi connectivity index (χ2v) is 9.68. The zero-order valence-electron chi connectivity index (χ0n) is 20.0. The molecule has 0 radical (unpaired) electrons. The van der Waals surface area contributed by atoms with Gasteiger partial charge in [0.15, 0.2) is 5.58 Å². The summed E-state index contributed by atoms with van der Waals surface area (Å²) in [7, 11) is 0. The van der Waals surface area contributed by atoms with Crippen LogP contribution in [0, 0.1) is 0 Å². The molecule has 0 fully saturated rings. The molecule has 0 aliphatic carbocycles. The van der Waals surface area contributed by atoms with Gasteiger partial charge >= 0.3 is 5.97 Å². The second-order valence-electron chi connectivity index (χ2n) is 8.51. The number of unbranched alkanes of at least 4 members (excludes halogenated alkanes) is 1. The van der Waals surface area contributed by atoms with Crippen LogP contribution < -0.4 is 4.74 Å². The van der Waals surface area contributed by atoms with Crippen LogP contribution in [0.15, 0.2) is 76.1 Å². The van der Waals surface area contributed by atoms with Crippen molar-refractivity contribution in [3.05, 3.63) is 77.9 Å². The van der Waals surface area contributed by atoms with Crippen molar-refractivity contribution in [3.63, 3.8) is 0 Å². The molecule has 5 nitrogen and oxygen atoms in total. The lowest BCUT2D eigenvalue weighted by molar-refractivity contribution is -0.136. The number of aryl methyl sites for hydroxylation is 2. The number of hydrogen-bond donors (Lipinski definition) is 1. The molecular weight excluding hydrogens is 458 g/mol. The normalized spacial score (nSPS) is 11.1. The minimum absolute atomic E-state index is 0.157. The molecule has 1 N–H and O–H groups in total. The third-order valence-corrected chi connectivity index (χ3v) is 6.95. The van der Waals surface area contributed by atoms with Gasteiger partial charge in [-0.25, -0.2) is 0 Å². The maximum absolute atomic E-state index is 10.8. The van der Waals surface area contributed by atoms with Gasteiger partial charge in [0.2, 0.25) is 0 Å². The Morgan fingerprint density at radius 3 is 2.69 bits per heavy atom. The summed E-state index contributed by atoms with van der Waals surface area (Å²) in [5, 5.41) is 14.3. The lowest BCUT2D eigenvalue weighted by Gasteiger charge is -2.12. The van der Waals surface area contributed by atoms with E-state index in [2.05, 4.69) is 36.3 Å². The number of hydrogen-bond acceptors (Lipinski definition) is 5. The molecule has 0 aliphatic rings. The van der Waals surface area contributed by atoms with Gasteiger partial charge in [-0.3, -0.25) is 4.79 Å². The van der Waals surface area contributed by atoms with Gasteiger partial charge in [-0.1, -0.05) is 61.0 Å². The smallest absolute Gasteiger partial charge is 0.303 e. The standard InChI is InChI=1S/C29H31NO4S/c1-2-3-13-24-26(16-15-25-28(30-34-29(24)25)22-10-5-4-6-11-22)33-18-8-19-35-23-12-7-9-21(20-23)14-17-27(31)32/h4-7,9-12,15-16,20H,2-3,8,13-14,17-19H2,1H3,(H,31,32). The monoisotopic (exact) mass is 489 g/mol. The molecule has 0 bridgehead atoms. The first-order valence-electron chi connectivity index (χ1n) is 12.2. The molecule has 0 unspecified atom stereocenters. The van der Waals surface area contributed by atoms with Crippen molar-refractivity contribution in [2.24, 2.45) is 0 Å². The van der Waals surface area contributed by atoms with Crippen LogP contribution in [-0.2, 0) is 17.6 Å². The molecule has 0 aliphatic heterocycles. The fraction of sp³-hybridized carbons (Fsp3) is 0.310. The van der Waals surface area contributed by atoms with Gasteiger partial charge in [0.25, 0.3) is 0 Å². The maximum Gasteiger partial charge on any atom is 0.303 e. The van der Waals surface area contributed by atoms with E-state index in [9.17, 15) is 4.79 Å². The molecule has 1 heterocycles. The number of nitrogens with zero attached hydrogens (tertiary/aromatic N) is 1. The number of rotatable bonds is 13. The zero-order valence-corrected chi connectivity index (χ0v) is 20.9. The SMILES string of the molecule is CCCCc1c(OCCCSc2cccc(CCC(=O)O)c2)ccc2c(-c3ccccc3)noc12. The van der Waals surface area contributed by atoms with Gasteiger partial charge in [-0.2, -0.15) is 0 Å². The molecule has 1 aromatic heterocycles. The van der Waals surface area contributed by atoms with Gasteiger partial charge in [0.05, 0.1) is 12.0 Å². The first-order valence-corrected chi connectivity index (χ1v) is 13.2. The molecule has 0 amide bonds. The van der Waals surface area contributed by atoms with Crippen LogP contribution in [-0.4, -0.2) is 28.6 Å². The van der Waals surface area contributed by atoms with E-state index in [1.807, 2.05) is 42.5 Å². The largest absolute Gasteiger partial charge is 0.493 e. The van der Waals surface area contributed by atoms with Gasteiger partial charge in [0, 0.05) is 28.2 Å². The zero-order chi connectivity index (χ0) is 24.5. The van der Waals surface area contributed by atoms with Crippen molar-refractivity contribution in [2.75, 3.05) is 12.4 Å². The number of fused-ring (bicyclic) bond motifs is 1. The number of aliphatic carboxylic acids is 1. The summed E-state index contributed by atoms with van der Waals surface area (Å²) in [5.74, 6) is 1.04. The van der Waals surface area contributed by atoms with E-state index in [-0.39, 0.29) is 6.42 Å². The first-order chi connectivity index (χ1) is 17.2. The number of benzene rings is 3. The van der Waals surface area contributed by atoms with Crippen LogP contribution in [0.5, 0.6) is 5.75 Å². The Hall–Kier alpha value is -3.25. The van der Waals surface area contributed by atoms with Crippen LogP contribution in [0.25, 0.3) is 22.2 Å². The van der Waals surface area contributed by atoms with Crippen molar-refractivity contribution in [3.8, 4) is 17.0 Å². The second kappa shape index (κ2) is 12.5. The van der Waals surface area contributed by atoms with Gasteiger partial charge in [-0.15, -0.1) is 11.8 Å². The molecule has 0 saturated heterocycles. The number of carboxylic acid groups (broad SMARTS) is 1. The molecule has 4 aromatic rings. The maximum atomic E-state index is 10.8. The minimum atomic E-state index is -0.765. The summed E-state index contributed by atoms with van der Waals surface area (Å²) in [6.07, 6.45) is 4.67. The molecule has 0 spiro atoms. The number of thioether (sulfide) groups is 1. The van der Waals surface area contributed by atoms with Crippen LogP contribution >= 0.6 is 11.8 Å². The summed E-state index contributed by atoms with van der Waals surface area (Å²) in [6.45, 7) is 2.81. The van der Waals surface area contributed by atoms with Crippen LogP contribution in [0.4, 0.5) is 0 Å². The lowest BCUT2D eigenvalue weighted by atomic mass is 10.0. The van der Waals surface area contributed by atoms with Crippen LogP contribution in [0.3, 0.4) is 0 Å². The Kier molecular flexibility index (Phi) is 8.85. The molecule has 4 rings (SSSR count). The highest BCUT2D eigenvalue weighted by Crippen LogP contribution is 2.35. The fourth-order valence-corrected chi connectivity index (χ4v) is 4.95. The van der Waals surface area contributed by atoms with E-state index in [4.69, 9.17) is 14.4 Å². The van der Waals surface area contributed by atoms with Crippen LogP contribution in [0.2, 0.25) is 0 Å². The van der Waals surface area contributed by atoms with Gasteiger partial charge in [0.1, 0.15) is 11.4 Å². The summed E-state index contributed by atoms with van der Waals surface area (Å²) in [6, 6.07) is 22.3. The highest BCUT2D eigenvalue weighted by atomic mass is 32.2. The minimum Gasteiger partial charge on any atom is -0.493 e. The highest BCUT2D eigenvalue weighted by molar-refractivity contribution is 7.99. The Morgan fingerprint density at radius 1 is 1.03 bits per heavy atom. The number of aromatic nitrogens is 1. The van der Waals surface area contributed by atoms with E-state index in [1.54, 1.807) is 11.8 Å². The third-order valence-electron chi connectivity index (χ3n) is 5.87. The van der Waals surface area contributed by atoms with Crippen molar-refractivity contribution >= 4 is 28.7 Å². The van der Waals surface area contributed by atoms with Gasteiger partial charge in [-0.05, 0) is 55.5 Å². The first kappa shape index (κ1) is 24.9. The average Bonchev–Trinajstić information content (AvgIpc) is 3.31. The molecule has 182 valence electrons. The van der Waals surface area contributed by atoms with E-state index >= 15 is 0 Å². The number of carboxylic acids is 1. The highest BCUT2D eigenvalue weighted by Gasteiger charge is 2.17. The summed E-state index contributed by atoms with van der Waals surface area (Å²) in [4.78, 5) is 12.0. The summed E-state index contributed by atoms with van der Waals surface area (Å²) < 4.78 is 12.1. The van der Waals surface area contributed by atoms with Gasteiger partial charge < -0.3 is 14.4 Å². The van der Waals surface area contributed by atoms with Crippen molar-refractivity contribution in [1.82, 2.24) is 5.16 Å². The number of carbonyl (C=O) groups is 1. The molecule has 0 atom stereocenters.